The molecule has 0 aliphatic rings. The van der Waals surface area contributed by atoms with Crippen molar-refractivity contribution in [1.29, 1.82) is 0 Å². The molecule has 0 spiro atoms. The van der Waals surface area contributed by atoms with Crippen molar-refractivity contribution in [2.45, 2.75) is 20.0 Å². The fourth-order valence-electron chi connectivity index (χ4n) is 1.82. The number of aromatic carboxylic acids is 1. The molecule has 0 aliphatic heterocycles. The van der Waals surface area contributed by atoms with E-state index in [2.05, 4.69) is 15.7 Å². The Hall–Kier alpha value is -2.77. The zero-order valence-corrected chi connectivity index (χ0v) is 11.7. The van der Waals surface area contributed by atoms with Crippen molar-refractivity contribution in [3.8, 4) is 0 Å². The standard InChI is InChI=1S/C13H16N4O4/c1-8-11(12(18)19)3-10(21-8)6-15-13(20)14-4-9-5-16-17(2)7-9/h3,5,7H,4,6H2,1-2H3,(H,18,19)(H2,14,15,20). The molecule has 0 fully saturated rings. The Balaban J connectivity index is 1.81. The second-order valence-corrected chi connectivity index (χ2v) is 4.55. The number of furan rings is 1. The fourth-order valence-corrected chi connectivity index (χ4v) is 1.82. The van der Waals surface area contributed by atoms with Gasteiger partial charge in [-0.1, -0.05) is 0 Å². The average Bonchev–Trinajstić information content (AvgIpc) is 3.00. The van der Waals surface area contributed by atoms with E-state index in [0.717, 1.165) is 5.56 Å². The first-order chi connectivity index (χ1) is 9.95. The number of urea groups is 1. The molecular formula is C13H16N4O4. The van der Waals surface area contributed by atoms with E-state index < -0.39 is 5.97 Å². The number of rotatable bonds is 5. The van der Waals surface area contributed by atoms with Crippen LogP contribution in [0, 0.1) is 6.92 Å². The summed E-state index contributed by atoms with van der Waals surface area (Å²) in [6, 6.07) is 1.03. The van der Waals surface area contributed by atoms with Gasteiger partial charge in [-0.05, 0) is 13.0 Å². The minimum Gasteiger partial charge on any atom is -0.478 e. The van der Waals surface area contributed by atoms with Gasteiger partial charge < -0.3 is 20.2 Å². The number of carboxylic acid groups (broad SMARTS) is 1. The molecule has 2 aromatic rings. The average molecular weight is 292 g/mol. The normalized spacial score (nSPS) is 10.4. The molecule has 0 aliphatic carbocycles. The number of carboxylic acids is 1. The molecule has 0 atom stereocenters. The van der Waals surface area contributed by atoms with Crippen LogP contribution in [-0.4, -0.2) is 26.9 Å². The first kappa shape index (κ1) is 14.6. The van der Waals surface area contributed by atoms with Crippen molar-refractivity contribution in [2.24, 2.45) is 7.05 Å². The molecular weight excluding hydrogens is 276 g/mol. The summed E-state index contributed by atoms with van der Waals surface area (Å²) in [6.07, 6.45) is 3.46. The Kier molecular flexibility index (Phi) is 4.27. The largest absolute Gasteiger partial charge is 0.478 e. The Morgan fingerprint density at radius 1 is 1.38 bits per heavy atom. The third kappa shape index (κ3) is 3.85. The van der Waals surface area contributed by atoms with E-state index in [1.165, 1.54) is 6.07 Å². The Morgan fingerprint density at radius 3 is 2.67 bits per heavy atom. The van der Waals surface area contributed by atoms with Gasteiger partial charge in [-0.15, -0.1) is 0 Å². The summed E-state index contributed by atoms with van der Waals surface area (Å²) in [5.74, 6) is -0.347. The van der Waals surface area contributed by atoms with Crippen molar-refractivity contribution >= 4 is 12.0 Å². The van der Waals surface area contributed by atoms with Crippen molar-refractivity contribution in [3.63, 3.8) is 0 Å². The van der Waals surface area contributed by atoms with E-state index in [9.17, 15) is 9.59 Å². The van der Waals surface area contributed by atoms with Gasteiger partial charge in [0.15, 0.2) is 0 Å². The molecule has 0 aromatic carbocycles. The van der Waals surface area contributed by atoms with Gasteiger partial charge in [0.05, 0.1) is 12.7 Å². The topological polar surface area (TPSA) is 109 Å². The number of aryl methyl sites for hydroxylation is 2. The molecule has 8 heteroatoms. The van der Waals surface area contributed by atoms with Gasteiger partial charge in [0, 0.05) is 25.4 Å². The maximum Gasteiger partial charge on any atom is 0.339 e. The summed E-state index contributed by atoms with van der Waals surface area (Å²) >= 11 is 0. The lowest BCUT2D eigenvalue weighted by Crippen LogP contribution is -2.34. The van der Waals surface area contributed by atoms with E-state index >= 15 is 0 Å². The fraction of sp³-hybridized carbons (Fsp3) is 0.308. The number of aromatic nitrogens is 2. The molecule has 112 valence electrons. The van der Waals surface area contributed by atoms with Gasteiger partial charge in [0.2, 0.25) is 0 Å². The highest BCUT2D eigenvalue weighted by Crippen LogP contribution is 2.14. The zero-order valence-electron chi connectivity index (χ0n) is 11.7. The molecule has 3 N–H and O–H groups in total. The molecule has 0 saturated carbocycles. The van der Waals surface area contributed by atoms with Crippen LogP contribution in [0.2, 0.25) is 0 Å². The van der Waals surface area contributed by atoms with Crippen LogP contribution in [0.1, 0.15) is 27.4 Å². The molecule has 21 heavy (non-hydrogen) atoms. The van der Waals surface area contributed by atoms with Crippen molar-refractivity contribution in [1.82, 2.24) is 20.4 Å². The van der Waals surface area contributed by atoms with Crippen LogP contribution in [0.3, 0.4) is 0 Å². The first-order valence-electron chi connectivity index (χ1n) is 6.27. The molecule has 0 bridgehead atoms. The minimum absolute atomic E-state index is 0.0996. The predicted octanol–water partition coefficient (Wildman–Crippen LogP) is 1.02. The lowest BCUT2D eigenvalue weighted by Gasteiger charge is -2.04. The second-order valence-electron chi connectivity index (χ2n) is 4.55. The number of nitrogens with zero attached hydrogens (tertiary/aromatic N) is 2. The second kappa shape index (κ2) is 6.12. The summed E-state index contributed by atoms with van der Waals surface area (Å²) in [7, 11) is 1.79. The molecule has 2 heterocycles. The highest BCUT2D eigenvalue weighted by atomic mass is 16.4. The number of amides is 2. The first-order valence-corrected chi connectivity index (χ1v) is 6.27. The van der Waals surface area contributed by atoms with Crippen molar-refractivity contribution < 1.29 is 19.1 Å². The van der Waals surface area contributed by atoms with Gasteiger partial charge in [0.1, 0.15) is 17.1 Å². The van der Waals surface area contributed by atoms with E-state index in [0.29, 0.717) is 18.1 Å². The summed E-state index contributed by atoms with van der Waals surface area (Å²) in [4.78, 5) is 22.5. The van der Waals surface area contributed by atoms with Crippen LogP contribution >= 0.6 is 0 Å². The molecule has 0 saturated heterocycles. The van der Waals surface area contributed by atoms with Gasteiger partial charge in [-0.3, -0.25) is 4.68 Å². The van der Waals surface area contributed by atoms with Crippen molar-refractivity contribution in [2.75, 3.05) is 0 Å². The summed E-state index contributed by atoms with van der Waals surface area (Å²) in [6.45, 7) is 2.04. The van der Waals surface area contributed by atoms with Crippen LogP contribution < -0.4 is 10.6 Å². The van der Waals surface area contributed by atoms with Crippen LogP contribution in [0.25, 0.3) is 0 Å². The smallest absolute Gasteiger partial charge is 0.339 e. The highest BCUT2D eigenvalue weighted by Gasteiger charge is 2.14. The van der Waals surface area contributed by atoms with Crippen LogP contribution in [-0.2, 0) is 20.1 Å². The van der Waals surface area contributed by atoms with E-state index in [4.69, 9.17) is 9.52 Å². The maximum absolute atomic E-state index is 11.6. The number of carbonyl (C=O) groups is 2. The number of hydrogen-bond acceptors (Lipinski definition) is 4. The highest BCUT2D eigenvalue weighted by molar-refractivity contribution is 5.88. The number of hydrogen-bond donors (Lipinski definition) is 3. The monoisotopic (exact) mass is 292 g/mol. The molecule has 2 aromatic heterocycles. The van der Waals surface area contributed by atoms with Crippen LogP contribution in [0.4, 0.5) is 4.79 Å². The Morgan fingerprint density at radius 2 is 2.10 bits per heavy atom. The Labute approximate surface area is 120 Å². The predicted molar refractivity (Wildman–Crippen MR) is 72.7 cm³/mol. The van der Waals surface area contributed by atoms with E-state index in [-0.39, 0.29) is 18.1 Å². The SMILES string of the molecule is Cc1oc(CNC(=O)NCc2cnn(C)c2)cc1C(=O)O. The van der Waals surface area contributed by atoms with Crippen LogP contribution in [0.15, 0.2) is 22.9 Å². The Bertz CT molecular complexity index is 659. The number of carbonyl (C=O) groups excluding carboxylic acids is 1. The summed E-state index contributed by atoms with van der Waals surface area (Å²) in [5.41, 5.74) is 0.984. The van der Waals surface area contributed by atoms with E-state index in [1.54, 1.807) is 31.0 Å². The zero-order chi connectivity index (χ0) is 15.4. The van der Waals surface area contributed by atoms with E-state index in [1.807, 2.05) is 0 Å². The molecule has 0 unspecified atom stereocenters. The van der Waals surface area contributed by atoms with Gasteiger partial charge in [-0.25, -0.2) is 9.59 Å². The molecule has 2 amide bonds. The molecule has 0 radical (unpaired) electrons. The lowest BCUT2D eigenvalue weighted by molar-refractivity contribution is 0.0695. The van der Waals surface area contributed by atoms with Gasteiger partial charge in [0.25, 0.3) is 0 Å². The maximum atomic E-state index is 11.6. The quantitative estimate of drug-likeness (QED) is 0.762. The summed E-state index contributed by atoms with van der Waals surface area (Å²) in [5, 5.41) is 18.1. The molecule has 2 rings (SSSR count). The third-order valence-electron chi connectivity index (χ3n) is 2.83. The van der Waals surface area contributed by atoms with Gasteiger partial charge >= 0.3 is 12.0 Å². The minimum atomic E-state index is -1.05. The van der Waals surface area contributed by atoms with Crippen LogP contribution in [0.5, 0.6) is 0 Å². The molecule has 8 nitrogen and oxygen atoms in total. The lowest BCUT2D eigenvalue weighted by atomic mass is 10.2. The van der Waals surface area contributed by atoms with Crippen molar-refractivity contribution in [3.05, 3.63) is 41.1 Å². The van der Waals surface area contributed by atoms with Gasteiger partial charge in [-0.2, -0.15) is 5.10 Å². The number of nitrogens with one attached hydrogen (secondary N) is 2. The third-order valence-corrected chi connectivity index (χ3v) is 2.83. The summed E-state index contributed by atoms with van der Waals surface area (Å²) < 4.78 is 6.90.